The summed E-state index contributed by atoms with van der Waals surface area (Å²) in [5, 5.41) is 8.95. The highest BCUT2D eigenvalue weighted by Gasteiger charge is 2.31. The van der Waals surface area contributed by atoms with Gasteiger partial charge in [0.15, 0.2) is 5.67 Å². The fourth-order valence-electron chi connectivity index (χ4n) is 2.11. The van der Waals surface area contributed by atoms with Gasteiger partial charge in [0.2, 0.25) is 0 Å². The Morgan fingerprint density at radius 3 is 2.22 bits per heavy atom. The zero-order chi connectivity index (χ0) is 14.3. The molecule has 4 heteroatoms. The van der Waals surface area contributed by atoms with Crippen molar-refractivity contribution < 1.29 is 14.3 Å². The second-order valence-corrected chi connectivity index (χ2v) is 6.01. The molecule has 108 valence electrons. The van der Waals surface area contributed by atoms with E-state index in [9.17, 15) is 9.18 Å². The fourth-order valence-corrected chi connectivity index (χ4v) is 2.11. The molecule has 1 N–H and O–H groups in total. The maximum absolute atomic E-state index is 13.6. The van der Waals surface area contributed by atoms with Crippen LogP contribution in [0.4, 0.5) is 4.39 Å². The summed E-state index contributed by atoms with van der Waals surface area (Å²) >= 11 is 0. The Bertz CT molecular complexity index is 249. The van der Waals surface area contributed by atoms with E-state index in [1.807, 2.05) is 0 Å². The van der Waals surface area contributed by atoms with Crippen molar-refractivity contribution in [2.24, 2.45) is 11.8 Å². The molecule has 0 aliphatic carbocycles. The number of alkyl halides is 1. The molecule has 0 aromatic heterocycles. The molecule has 1 unspecified atom stereocenters. The average Bonchev–Trinajstić information content (AvgIpc) is 2.20. The van der Waals surface area contributed by atoms with E-state index in [2.05, 4.69) is 20.8 Å². The lowest BCUT2D eigenvalue weighted by atomic mass is 9.95. The fraction of sp³-hybridized carbons (Fsp3) is 0.929. The minimum absolute atomic E-state index is 0.125. The molecule has 0 heterocycles. The van der Waals surface area contributed by atoms with Crippen molar-refractivity contribution in [3.63, 3.8) is 0 Å². The zero-order valence-electron chi connectivity index (χ0n) is 12.4. The molecular weight excluding hydrogens is 233 g/mol. The third-order valence-corrected chi connectivity index (χ3v) is 2.93. The zero-order valence-corrected chi connectivity index (χ0v) is 12.4. The second kappa shape index (κ2) is 7.72. The van der Waals surface area contributed by atoms with Crippen LogP contribution in [0, 0.1) is 11.8 Å². The van der Waals surface area contributed by atoms with Gasteiger partial charge in [0.1, 0.15) is 0 Å². The molecule has 18 heavy (non-hydrogen) atoms. The number of aliphatic hydroxyl groups is 1. The van der Waals surface area contributed by atoms with E-state index < -0.39 is 11.6 Å². The molecule has 0 spiro atoms. The number of hydrogen-bond donors (Lipinski definition) is 1. The third kappa shape index (κ3) is 6.94. The number of carbonyl (C=O) groups excluding carboxylic acids is 1. The van der Waals surface area contributed by atoms with Crippen LogP contribution in [0.5, 0.6) is 0 Å². The first-order chi connectivity index (χ1) is 8.18. The lowest BCUT2D eigenvalue weighted by molar-refractivity contribution is -0.142. The maximum atomic E-state index is 13.6. The van der Waals surface area contributed by atoms with Gasteiger partial charge in [-0.2, -0.15) is 0 Å². The number of carbonyl (C=O) groups is 1. The van der Waals surface area contributed by atoms with Crippen LogP contribution in [-0.4, -0.2) is 41.3 Å². The maximum Gasteiger partial charge on any atom is 0.259 e. The summed E-state index contributed by atoms with van der Waals surface area (Å²) < 4.78 is 13.6. The first-order valence-electron chi connectivity index (χ1n) is 6.77. The van der Waals surface area contributed by atoms with E-state index in [0.29, 0.717) is 18.4 Å². The SMILES string of the molecule is CC(C)CC(C)CCN(CCO)C(=O)C(C)(C)F. The molecule has 0 aromatic rings. The Labute approximate surface area is 110 Å². The van der Waals surface area contributed by atoms with Crippen molar-refractivity contribution in [2.45, 2.75) is 53.1 Å². The van der Waals surface area contributed by atoms with Crippen LogP contribution >= 0.6 is 0 Å². The molecule has 0 rings (SSSR count). The van der Waals surface area contributed by atoms with Gasteiger partial charge in [0.25, 0.3) is 5.91 Å². The minimum Gasteiger partial charge on any atom is -0.395 e. The van der Waals surface area contributed by atoms with Gasteiger partial charge in [0, 0.05) is 13.1 Å². The lowest BCUT2D eigenvalue weighted by Crippen LogP contribution is -2.44. The van der Waals surface area contributed by atoms with Crippen LogP contribution in [0.3, 0.4) is 0 Å². The predicted octanol–water partition coefficient (Wildman–Crippen LogP) is 2.63. The first-order valence-corrected chi connectivity index (χ1v) is 6.77. The van der Waals surface area contributed by atoms with Gasteiger partial charge in [-0.1, -0.05) is 20.8 Å². The van der Waals surface area contributed by atoms with E-state index in [0.717, 1.165) is 12.8 Å². The topological polar surface area (TPSA) is 40.5 Å². The molecule has 0 bridgehead atoms. The molecule has 0 saturated carbocycles. The summed E-state index contributed by atoms with van der Waals surface area (Å²) in [7, 11) is 0. The molecule has 0 aliphatic heterocycles. The van der Waals surface area contributed by atoms with E-state index in [1.165, 1.54) is 18.7 Å². The standard InChI is InChI=1S/C14H28FNO2/c1-11(2)10-12(3)6-7-16(8-9-17)13(18)14(4,5)15/h11-12,17H,6-10H2,1-5H3. The van der Waals surface area contributed by atoms with Crippen LogP contribution in [0.2, 0.25) is 0 Å². The molecule has 1 amide bonds. The van der Waals surface area contributed by atoms with Gasteiger partial charge in [-0.05, 0) is 38.5 Å². The van der Waals surface area contributed by atoms with Crippen molar-refractivity contribution >= 4 is 5.91 Å². The molecule has 0 fully saturated rings. The molecule has 0 aromatic carbocycles. The van der Waals surface area contributed by atoms with Crippen molar-refractivity contribution in [2.75, 3.05) is 19.7 Å². The van der Waals surface area contributed by atoms with Crippen molar-refractivity contribution in [3.05, 3.63) is 0 Å². The van der Waals surface area contributed by atoms with E-state index in [4.69, 9.17) is 5.11 Å². The number of nitrogens with zero attached hydrogens (tertiary/aromatic N) is 1. The summed E-state index contributed by atoms with van der Waals surface area (Å²) in [5.74, 6) is 0.592. The van der Waals surface area contributed by atoms with E-state index in [1.54, 1.807) is 0 Å². The van der Waals surface area contributed by atoms with Crippen LogP contribution in [0.1, 0.15) is 47.5 Å². The summed E-state index contributed by atoms with van der Waals surface area (Å²) in [6.07, 6.45) is 1.94. The smallest absolute Gasteiger partial charge is 0.259 e. The van der Waals surface area contributed by atoms with Gasteiger partial charge >= 0.3 is 0 Å². The summed E-state index contributed by atoms with van der Waals surface area (Å²) in [6, 6.07) is 0. The Hall–Kier alpha value is -0.640. The Morgan fingerprint density at radius 2 is 1.83 bits per heavy atom. The normalized spacial score (nSPS) is 13.8. The number of hydrogen-bond acceptors (Lipinski definition) is 2. The lowest BCUT2D eigenvalue weighted by Gasteiger charge is -2.28. The highest BCUT2D eigenvalue weighted by atomic mass is 19.1. The minimum atomic E-state index is -1.86. The highest BCUT2D eigenvalue weighted by Crippen LogP contribution is 2.17. The summed E-state index contributed by atoms with van der Waals surface area (Å²) in [4.78, 5) is 13.3. The molecule has 3 nitrogen and oxygen atoms in total. The molecule has 1 atom stereocenters. The summed E-state index contributed by atoms with van der Waals surface area (Å²) in [6.45, 7) is 9.59. The number of halogens is 1. The molecule has 0 saturated heterocycles. The quantitative estimate of drug-likeness (QED) is 0.729. The number of rotatable bonds is 8. The van der Waals surface area contributed by atoms with Crippen molar-refractivity contribution in [3.8, 4) is 0 Å². The largest absolute Gasteiger partial charge is 0.395 e. The van der Waals surface area contributed by atoms with Gasteiger partial charge in [-0.3, -0.25) is 4.79 Å². The molecule has 0 radical (unpaired) electrons. The highest BCUT2D eigenvalue weighted by molar-refractivity contribution is 5.84. The van der Waals surface area contributed by atoms with Crippen LogP contribution in [0.15, 0.2) is 0 Å². The van der Waals surface area contributed by atoms with Gasteiger partial charge < -0.3 is 10.0 Å². The number of aliphatic hydroxyl groups excluding tert-OH is 1. The Balaban J connectivity index is 4.33. The van der Waals surface area contributed by atoms with E-state index >= 15 is 0 Å². The third-order valence-electron chi connectivity index (χ3n) is 2.93. The van der Waals surface area contributed by atoms with Crippen LogP contribution < -0.4 is 0 Å². The molecular formula is C14H28FNO2. The van der Waals surface area contributed by atoms with Crippen molar-refractivity contribution in [1.82, 2.24) is 4.90 Å². The predicted molar refractivity (Wildman–Crippen MR) is 72.1 cm³/mol. The number of amides is 1. The van der Waals surface area contributed by atoms with Crippen molar-refractivity contribution in [1.29, 1.82) is 0 Å². The van der Waals surface area contributed by atoms with Gasteiger partial charge in [0.05, 0.1) is 6.61 Å². The Kier molecular flexibility index (Phi) is 7.45. The first kappa shape index (κ1) is 17.4. The molecule has 0 aliphatic rings. The second-order valence-electron chi connectivity index (χ2n) is 6.01. The monoisotopic (exact) mass is 261 g/mol. The van der Waals surface area contributed by atoms with Crippen LogP contribution in [0.25, 0.3) is 0 Å². The van der Waals surface area contributed by atoms with Gasteiger partial charge in [-0.15, -0.1) is 0 Å². The van der Waals surface area contributed by atoms with Gasteiger partial charge in [-0.25, -0.2) is 4.39 Å². The Morgan fingerprint density at radius 1 is 1.28 bits per heavy atom. The average molecular weight is 261 g/mol. The van der Waals surface area contributed by atoms with Crippen LogP contribution in [-0.2, 0) is 4.79 Å². The van der Waals surface area contributed by atoms with E-state index in [-0.39, 0.29) is 13.2 Å². The summed E-state index contributed by atoms with van der Waals surface area (Å²) in [5.41, 5.74) is -1.86.